The summed E-state index contributed by atoms with van der Waals surface area (Å²) in [6.07, 6.45) is 2.84. The molecule has 0 amide bonds. The molecule has 18 heavy (non-hydrogen) atoms. The molecule has 1 atom stereocenters. The summed E-state index contributed by atoms with van der Waals surface area (Å²) in [7, 11) is 0. The maximum absolute atomic E-state index is 10.0. The van der Waals surface area contributed by atoms with Crippen LogP contribution in [0.3, 0.4) is 0 Å². The number of anilines is 1. The number of β-amino-alcohol motifs (C(OH)–C–C–N with tert-alkyl or cyclic N) is 1. The predicted molar refractivity (Wildman–Crippen MR) is 68.4 cm³/mol. The predicted octanol–water partition coefficient (Wildman–Crippen LogP) is 0.920. The molecule has 1 aromatic rings. The maximum atomic E-state index is 10.0. The Morgan fingerprint density at radius 1 is 1.50 bits per heavy atom. The third-order valence-electron chi connectivity index (χ3n) is 3.10. The van der Waals surface area contributed by atoms with Gasteiger partial charge in [0.05, 0.1) is 18.7 Å². The second kappa shape index (κ2) is 5.67. The van der Waals surface area contributed by atoms with Crippen molar-refractivity contribution in [2.45, 2.75) is 45.3 Å². The summed E-state index contributed by atoms with van der Waals surface area (Å²) in [6.45, 7) is 6.92. The van der Waals surface area contributed by atoms with Gasteiger partial charge in [0.2, 0.25) is 5.89 Å². The highest BCUT2D eigenvalue weighted by atomic mass is 16.4. The van der Waals surface area contributed by atoms with Crippen molar-refractivity contribution in [3.8, 4) is 0 Å². The number of nitrogens with one attached hydrogen (secondary N) is 1. The van der Waals surface area contributed by atoms with Gasteiger partial charge in [-0.15, -0.1) is 5.10 Å². The summed E-state index contributed by atoms with van der Waals surface area (Å²) in [5.74, 6) is 0.601. The van der Waals surface area contributed by atoms with Crippen molar-refractivity contribution in [2.75, 3.05) is 24.5 Å². The quantitative estimate of drug-likeness (QED) is 0.761. The lowest BCUT2D eigenvalue weighted by Gasteiger charge is -2.35. The van der Waals surface area contributed by atoms with Crippen LogP contribution in [0.4, 0.5) is 6.01 Å². The Morgan fingerprint density at radius 2 is 2.33 bits per heavy atom. The van der Waals surface area contributed by atoms with Gasteiger partial charge < -0.3 is 19.7 Å². The molecule has 0 aliphatic carbocycles. The van der Waals surface area contributed by atoms with E-state index in [9.17, 15) is 5.11 Å². The first kappa shape index (κ1) is 13.3. The molecular weight excluding hydrogens is 232 g/mol. The topological polar surface area (TPSA) is 74.4 Å². The minimum absolute atomic E-state index is 0.517. The van der Waals surface area contributed by atoms with Crippen LogP contribution < -0.4 is 10.2 Å². The van der Waals surface area contributed by atoms with Gasteiger partial charge in [0.1, 0.15) is 0 Å². The Bertz CT molecular complexity index is 378. The molecule has 102 valence electrons. The largest absolute Gasteiger partial charge is 0.407 e. The lowest BCUT2D eigenvalue weighted by Crippen LogP contribution is -2.46. The van der Waals surface area contributed by atoms with E-state index in [-0.39, 0.29) is 0 Å². The molecule has 1 aliphatic heterocycles. The highest BCUT2D eigenvalue weighted by molar-refractivity contribution is 5.26. The van der Waals surface area contributed by atoms with E-state index < -0.39 is 5.60 Å². The zero-order valence-corrected chi connectivity index (χ0v) is 11.1. The normalized spacial score (nSPS) is 24.5. The van der Waals surface area contributed by atoms with Crippen molar-refractivity contribution in [1.82, 2.24) is 15.5 Å². The second-order valence-corrected chi connectivity index (χ2v) is 5.18. The summed E-state index contributed by atoms with van der Waals surface area (Å²) in [5, 5.41) is 21.3. The lowest BCUT2D eigenvalue weighted by atomic mass is 9.96. The number of aromatic nitrogens is 2. The molecule has 0 spiro atoms. The van der Waals surface area contributed by atoms with Crippen LogP contribution in [0, 0.1) is 0 Å². The highest BCUT2D eigenvalue weighted by Gasteiger charge is 2.30. The van der Waals surface area contributed by atoms with Crippen molar-refractivity contribution < 1.29 is 9.52 Å². The minimum Gasteiger partial charge on any atom is -0.407 e. The molecule has 0 bridgehead atoms. The third-order valence-corrected chi connectivity index (χ3v) is 3.10. The van der Waals surface area contributed by atoms with Gasteiger partial charge in [-0.25, -0.2) is 0 Å². The van der Waals surface area contributed by atoms with Crippen LogP contribution in [0.5, 0.6) is 0 Å². The zero-order valence-electron chi connectivity index (χ0n) is 11.1. The van der Waals surface area contributed by atoms with Crippen LogP contribution >= 0.6 is 0 Å². The number of nitrogens with zero attached hydrogens (tertiary/aromatic N) is 3. The Labute approximate surface area is 107 Å². The van der Waals surface area contributed by atoms with E-state index in [1.807, 2.05) is 11.8 Å². The van der Waals surface area contributed by atoms with Crippen molar-refractivity contribution in [3.63, 3.8) is 0 Å². The van der Waals surface area contributed by atoms with Gasteiger partial charge in [0.15, 0.2) is 0 Å². The molecule has 2 rings (SSSR count). The standard InChI is InChI=1S/C12H22N4O2/c1-3-6-13-8-10-14-15-11(18-10)16-7-4-5-12(2,17)9-16/h13,17H,3-9H2,1-2H3. The fourth-order valence-corrected chi connectivity index (χ4v) is 2.20. The molecule has 6 nitrogen and oxygen atoms in total. The minimum atomic E-state index is -0.659. The van der Waals surface area contributed by atoms with Gasteiger partial charge in [0.25, 0.3) is 0 Å². The van der Waals surface area contributed by atoms with E-state index in [1.54, 1.807) is 0 Å². The van der Waals surface area contributed by atoms with Gasteiger partial charge in [-0.1, -0.05) is 12.0 Å². The van der Waals surface area contributed by atoms with E-state index in [0.717, 1.165) is 32.4 Å². The molecule has 1 unspecified atom stereocenters. The van der Waals surface area contributed by atoms with Crippen LogP contribution in [0.2, 0.25) is 0 Å². The van der Waals surface area contributed by atoms with Gasteiger partial charge in [0, 0.05) is 6.54 Å². The Balaban J connectivity index is 1.92. The Hall–Kier alpha value is -1.14. The average molecular weight is 254 g/mol. The average Bonchev–Trinajstić information content (AvgIpc) is 2.77. The number of piperidine rings is 1. The second-order valence-electron chi connectivity index (χ2n) is 5.18. The molecule has 0 aromatic carbocycles. The summed E-state index contributed by atoms with van der Waals surface area (Å²) in [6, 6.07) is 0.517. The Kier molecular flexibility index (Phi) is 4.19. The van der Waals surface area contributed by atoms with Crippen molar-refractivity contribution >= 4 is 6.01 Å². The van der Waals surface area contributed by atoms with Gasteiger partial charge >= 0.3 is 6.01 Å². The van der Waals surface area contributed by atoms with Gasteiger partial charge in [-0.2, -0.15) is 0 Å². The fourth-order valence-electron chi connectivity index (χ4n) is 2.20. The van der Waals surface area contributed by atoms with Crippen LogP contribution in [0.25, 0.3) is 0 Å². The smallest absolute Gasteiger partial charge is 0.318 e. The first-order chi connectivity index (χ1) is 8.61. The number of rotatable bonds is 5. The number of hydrogen-bond donors (Lipinski definition) is 2. The number of aliphatic hydroxyl groups is 1. The third kappa shape index (κ3) is 3.43. The first-order valence-electron chi connectivity index (χ1n) is 6.61. The van der Waals surface area contributed by atoms with E-state index >= 15 is 0 Å². The SMILES string of the molecule is CCCNCc1nnc(N2CCCC(C)(O)C2)o1. The molecule has 2 heterocycles. The molecule has 0 saturated carbocycles. The molecule has 6 heteroatoms. The molecule has 1 aliphatic rings. The Morgan fingerprint density at radius 3 is 3.06 bits per heavy atom. The van der Waals surface area contributed by atoms with Crippen LogP contribution in [-0.2, 0) is 6.54 Å². The summed E-state index contributed by atoms with van der Waals surface area (Å²) in [4.78, 5) is 1.96. The highest BCUT2D eigenvalue weighted by Crippen LogP contribution is 2.24. The van der Waals surface area contributed by atoms with Crippen molar-refractivity contribution in [2.24, 2.45) is 0 Å². The van der Waals surface area contributed by atoms with Crippen LogP contribution in [-0.4, -0.2) is 40.5 Å². The maximum Gasteiger partial charge on any atom is 0.318 e. The number of hydrogen-bond acceptors (Lipinski definition) is 6. The molecule has 1 aromatic heterocycles. The molecule has 2 N–H and O–H groups in total. The molecular formula is C12H22N4O2. The van der Waals surface area contributed by atoms with Crippen LogP contribution in [0.15, 0.2) is 4.42 Å². The van der Waals surface area contributed by atoms with E-state index in [2.05, 4.69) is 22.4 Å². The lowest BCUT2D eigenvalue weighted by molar-refractivity contribution is 0.0434. The van der Waals surface area contributed by atoms with E-state index in [1.165, 1.54) is 0 Å². The molecule has 1 fully saturated rings. The van der Waals surface area contributed by atoms with E-state index in [4.69, 9.17) is 4.42 Å². The zero-order chi connectivity index (χ0) is 13.0. The molecule has 0 radical (unpaired) electrons. The monoisotopic (exact) mass is 254 g/mol. The summed E-state index contributed by atoms with van der Waals surface area (Å²) < 4.78 is 5.59. The first-order valence-corrected chi connectivity index (χ1v) is 6.61. The van der Waals surface area contributed by atoms with Gasteiger partial charge in [-0.05, 0) is 32.7 Å². The van der Waals surface area contributed by atoms with Gasteiger partial charge in [-0.3, -0.25) is 0 Å². The summed E-state index contributed by atoms with van der Waals surface area (Å²) >= 11 is 0. The fraction of sp³-hybridized carbons (Fsp3) is 0.833. The van der Waals surface area contributed by atoms with Crippen molar-refractivity contribution in [1.29, 1.82) is 0 Å². The summed E-state index contributed by atoms with van der Waals surface area (Å²) in [5.41, 5.74) is -0.659. The molecule has 1 saturated heterocycles. The van der Waals surface area contributed by atoms with Crippen LogP contribution in [0.1, 0.15) is 39.0 Å². The van der Waals surface area contributed by atoms with Crippen molar-refractivity contribution in [3.05, 3.63) is 5.89 Å². The van der Waals surface area contributed by atoms with E-state index in [0.29, 0.717) is 25.0 Å².